The Labute approximate surface area is 203 Å². The highest BCUT2D eigenvalue weighted by Gasteiger charge is 2.11. The maximum Gasteiger partial charge on any atom is 0.250 e. The van der Waals surface area contributed by atoms with Gasteiger partial charge in [-0.15, -0.1) is 0 Å². The summed E-state index contributed by atoms with van der Waals surface area (Å²) in [5, 5.41) is 6.77. The predicted molar refractivity (Wildman–Crippen MR) is 136 cm³/mol. The smallest absolute Gasteiger partial charge is 0.250 e. The van der Waals surface area contributed by atoms with Gasteiger partial charge in [-0.1, -0.05) is 29.3 Å². The quantitative estimate of drug-likeness (QED) is 0.201. The SMILES string of the molecule is Cc1cc(NC(=S)NC(=O)C=Cc2ccc(-c3cccc(Cl)c3Cl)o2)c(C)cc1I. The van der Waals surface area contributed by atoms with Gasteiger partial charge in [0.15, 0.2) is 5.11 Å². The third-order valence-electron chi connectivity index (χ3n) is 4.23. The molecule has 0 bridgehead atoms. The van der Waals surface area contributed by atoms with E-state index < -0.39 is 0 Å². The van der Waals surface area contributed by atoms with E-state index >= 15 is 0 Å². The number of benzene rings is 2. The maximum atomic E-state index is 12.2. The number of hydrogen-bond donors (Lipinski definition) is 2. The van der Waals surface area contributed by atoms with Crippen LogP contribution in [0.2, 0.25) is 10.0 Å². The van der Waals surface area contributed by atoms with Crippen LogP contribution in [-0.2, 0) is 4.79 Å². The minimum Gasteiger partial charge on any atom is -0.457 e. The molecule has 3 rings (SSSR count). The Hall–Kier alpha value is -1.87. The minimum atomic E-state index is -0.369. The number of carbonyl (C=O) groups excluding carboxylic acids is 1. The number of thiocarbonyl (C=S) groups is 1. The van der Waals surface area contributed by atoms with E-state index in [2.05, 4.69) is 39.3 Å². The summed E-state index contributed by atoms with van der Waals surface area (Å²) in [5.74, 6) is 0.689. The van der Waals surface area contributed by atoms with Gasteiger partial charge in [-0.3, -0.25) is 10.1 Å². The standard InChI is InChI=1S/C22H17Cl2IN2O2S/c1-12-11-18(13(2)10-17(12)25)26-22(30)27-20(28)9-7-14-6-8-19(29-14)15-4-3-5-16(23)21(15)24/h3-11H,1-2H3,(H2,26,27,28,30). The van der Waals surface area contributed by atoms with Crippen LogP contribution in [-0.4, -0.2) is 11.0 Å². The van der Waals surface area contributed by atoms with E-state index in [9.17, 15) is 4.79 Å². The van der Waals surface area contributed by atoms with E-state index in [1.165, 1.54) is 9.65 Å². The number of anilines is 1. The van der Waals surface area contributed by atoms with Crippen molar-refractivity contribution < 1.29 is 9.21 Å². The highest BCUT2D eigenvalue weighted by molar-refractivity contribution is 14.1. The van der Waals surface area contributed by atoms with Gasteiger partial charge in [0, 0.05) is 20.9 Å². The van der Waals surface area contributed by atoms with Crippen molar-refractivity contribution in [2.45, 2.75) is 13.8 Å². The fourth-order valence-corrected chi connectivity index (χ4v) is 3.89. The largest absolute Gasteiger partial charge is 0.457 e. The first-order valence-corrected chi connectivity index (χ1v) is 11.1. The van der Waals surface area contributed by atoms with E-state index in [-0.39, 0.29) is 11.0 Å². The third kappa shape index (κ3) is 5.63. The molecule has 0 saturated heterocycles. The number of hydrogen-bond acceptors (Lipinski definition) is 3. The Balaban J connectivity index is 1.63. The lowest BCUT2D eigenvalue weighted by molar-refractivity contribution is -0.115. The number of furan rings is 1. The zero-order valence-electron chi connectivity index (χ0n) is 16.1. The number of rotatable bonds is 4. The van der Waals surface area contributed by atoms with Gasteiger partial charge in [0.1, 0.15) is 11.5 Å². The summed E-state index contributed by atoms with van der Waals surface area (Å²) in [5.41, 5.74) is 3.71. The molecule has 0 aliphatic rings. The summed E-state index contributed by atoms with van der Waals surface area (Å²) < 4.78 is 6.91. The molecule has 0 unspecified atom stereocenters. The molecule has 1 heterocycles. The van der Waals surface area contributed by atoms with Crippen molar-refractivity contribution in [1.29, 1.82) is 0 Å². The molecule has 8 heteroatoms. The number of amides is 1. The lowest BCUT2D eigenvalue weighted by Gasteiger charge is -2.12. The lowest BCUT2D eigenvalue weighted by Crippen LogP contribution is -2.33. The van der Waals surface area contributed by atoms with Crippen LogP contribution < -0.4 is 10.6 Å². The molecule has 0 aliphatic heterocycles. The minimum absolute atomic E-state index is 0.221. The second-order valence-electron chi connectivity index (χ2n) is 6.50. The fourth-order valence-electron chi connectivity index (χ4n) is 2.66. The van der Waals surface area contributed by atoms with Gasteiger partial charge in [-0.05, 0) is 102 Å². The van der Waals surface area contributed by atoms with Crippen LogP contribution in [0.25, 0.3) is 17.4 Å². The Kier molecular flexibility index (Phi) is 7.57. The predicted octanol–water partition coefficient (Wildman–Crippen LogP) is 7.00. The van der Waals surface area contributed by atoms with Crippen molar-refractivity contribution in [1.82, 2.24) is 5.32 Å². The molecule has 1 amide bonds. The second kappa shape index (κ2) is 9.96. The van der Waals surface area contributed by atoms with Crippen LogP contribution in [0, 0.1) is 17.4 Å². The van der Waals surface area contributed by atoms with Crippen LogP contribution in [0.5, 0.6) is 0 Å². The molecule has 154 valence electrons. The maximum absolute atomic E-state index is 12.2. The number of carbonyl (C=O) groups is 1. The monoisotopic (exact) mass is 570 g/mol. The third-order valence-corrected chi connectivity index (χ3v) is 6.42. The molecule has 0 radical (unpaired) electrons. The van der Waals surface area contributed by atoms with E-state index in [1.54, 1.807) is 30.3 Å². The van der Waals surface area contributed by atoms with Gasteiger partial charge < -0.3 is 9.73 Å². The van der Waals surface area contributed by atoms with Crippen molar-refractivity contribution in [3.05, 3.63) is 79.0 Å². The molecule has 3 aromatic rings. The summed E-state index contributed by atoms with van der Waals surface area (Å²) in [6, 6.07) is 12.9. The van der Waals surface area contributed by atoms with Crippen LogP contribution in [0.3, 0.4) is 0 Å². The van der Waals surface area contributed by atoms with Gasteiger partial charge in [-0.2, -0.15) is 0 Å². The van der Waals surface area contributed by atoms with E-state index in [0.717, 1.165) is 16.8 Å². The molecular formula is C22H17Cl2IN2O2S. The number of halogens is 3. The molecule has 0 saturated carbocycles. The zero-order chi connectivity index (χ0) is 21.8. The Morgan fingerprint density at radius 3 is 2.67 bits per heavy atom. The first-order valence-electron chi connectivity index (χ1n) is 8.85. The molecule has 1 aromatic heterocycles. The molecule has 0 aliphatic carbocycles. The van der Waals surface area contributed by atoms with Crippen LogP contribution in [0.15, 0.2) is 53.0 Å². The molecule has 0 fully saturated rings. The van der Waals surface area contributed by atoms with Crippen LogP contribution in [0.4, 0.5) is 5.69 Å². The van der Waals surface area contributed by atoms with Gasteiger partial charge in [0.25, 0.3) is 0 Å². The number of nitrogens with one attached hydrogen (secondary N) is 2. The molecule has 30 heavy (non-hydrogen) atoms. The first kappa shape index (κ1) is 22.8. The van der Waals surface area contributed by atoms with Gasteiger partial charge in [0.2, 0.25) is 5.91 Å². The molecular weight excluding hydrogens is 554 g/mol. The molecule has 4 nitrogen and oxygen atoms in total. The number of aryl methyl sites for hydroxylation is 2. The van der Waals surface area contributed by atoms with Gasteiger partial charge >= 0.3 is 0 Å². The van der Waals surface area contributed by atoms with Crippen molar-refractivity contribution in [2.24, 2.45) is 0 Å². The lowest BCUT2D eigenvalue weighted by atomic mass is 10.1. The van der Waals surface area contributed by atoms with E-state index in [0.29, 0.717) is 27.1 Å². The van der Waals surface area contributed by atoms with Crippen LogP contribution >= 0.6 is 58.0 Å². The van der Waals surface area contributed by atoms with E-state index in [1.807, 2.05) is 26.0 Å². The van der Waals surface area contributed by atoms with E-state index in [4.69, 9.17) is 39.8 Å². The van der Waals surface area contributed by atoms with Crippen molar-refractivity contribution in [3.8, 4) is 11.3 Å². The Morgan fingerprint density at radius 2 is 1.90 bits per heavy atom. The fraction of sp³-hybridized carbons (Fsp3) is 0.0909. The highest BCUT2D eigenvalue weighted by atomic mass is 127. The average Bonchev–Trinajstić information content (AvgIpc) is 3.15. The highest BCUT2D eigenvalue weighted by Crippen LogP contribution is 2.34. The van der Waals surface area contributed by atoms with Crippen molar-refractivity contribution in [3.63, 3.8) is 0 Å². The normalized spacial score (nSPS) is 11.0. The summed E-state index contributed by atoms with van der Waals surface area (Å²) >= 11 is 19.8. The van der Waals surface area contributed by atoms with Crippen molar-refractivity contribution in [2.75, 3.05) is 5.32 Å². The molecule has 0 spiro atoms. The van der Waals surface area contributed by atoms with Gasteiger partial charge in [0.05, 0.1) is 10.0 Å². The topological polar surface area (TPSA) is 54.3 Å². The van der Waals surface area contributed by atoms with Gasteiger partial charge in [-0.25, -0.2) is 0 Å². The first-order chi connectivity index (χ1) is 14.2. The van der Waals surface area contributed by atoms with Crippen LogP contribution in [0.1, 0.15) is 16.9 Å². The average molecular weight is 571 g/mol. The summed E-state index contributed by atoms with van der Waals surface area (Å²) in [6.07, 6.45) is 2.91. The van der Waals surface area contributed by atoms with Crippen molar-refractivity contribution >= 4 is 80.8 Å². The summed E-state index contributed by atoms with van der Waals surface area (Å²) in [7, 11) is 0. The summed E-state index contributed by atoms with van der Waals surface area (Å²) in [6.45, 7) is 4.00. The summed E-state index contributed by atoms with van der Waals surface area (Å²) in [4.78, 5) is 12.2. The Bertz CT molecular complexity index is 1160. The second-order valence-corrected chi connectivity index (χ2v) is 8.85. The molecule has 2 aromatic carbocycles. The molecule has 2 N–H and O–H groups in total. The zero-order valence-corrected chi connectivity index (χ0v) is 20.5. The Morgan fingerprint density at radius 1 is 1.13 bits per heavy atom. The molecule has 0 atom stereocenters.